The molecule has 2 heterocycles. The number of aromatic nitrogens is 1. The molecule has 1 aliphatic heterocycles. The van der Waals surface area contributed by atoms with Gasteiger partial charge in [-0.05, 0) is 72.2 Å². The molecule has 1 fully saturated rings. The van der Waals surface area contributed by atoms with Crippen LogP contribution in [0.15, 0.2) is 60.7 Å². The number of nitriles is 1. The predicted molar refractivity (Wildman–Crippen MR) is 139 cm³/mol. The lowest BCUT2D eigenvalue weighted by atomic mass is 10.0. The van der Waals surface area contributed by atoms with Crippen LogP contribution in [0.3, 0.4) is 0 Å². The first-order valence-corrected chi connectivity index (χ1v) is 12.6. The van der Waals surface area contributed by atoms with Crippen LogP contribution in [0.2, 0.25) is 0 Å². The average Bonchev–Trinajstić information content (AvgIpc) is 3.42. The number of benzene rings is 2. The van der Waals surface area contributed by atoms with Crippen molar-refractivity contribution in [2.45, 2.75) is 44.3 Å². The van der Waals surface area contributed by atoms with E-state index in [-0.39, 0.29) is 18.1 Å². The number of pyridine rings is 1. The number of nitrogens with zero attached hydrogens (tertiary/aromatic N) is 3. The van der Waals surface area contributed by atoms with Gasteiger partial charge in [0.25, 0.3) is 0 Å². The predicted octanol–water partition coefficient (Wildman–Crippen LogP) is 4.98. The van der Waals surface area contributed by atoms with Gasteiger partial charge in [0.15, 0.2) is 0 Å². The topological polar surface area (TPSA) is 106 Å². The first-order valence-electron chi connectivity index (χ1n) is 12.6. The number of carbonyl (C=O) groups excluding carboxylic acids is 1. The van der Waals surface area contributed by atoms with Gasteiger partial charge in [-0.15, -0.1) is 0 Å². The zero-order valence-corrected chi connectivity index (χ0v) is 21.0. The van der Waals surface area contributed by atoms with E-state index in [4.69, 9.17) is 10.4 Å². The minimum absolute atomic E-state index is 0.0388. The molecule has 202 valence electrons. The third kappa shape index (κ3) is 7.13. The van der Waals surface area contributed by atoms with E-state index in [9.17, 15) is 22.8 Å². The van der Waals surface area contributed by atoms with Crippen molar-refractivity contribution in [1.29, 1.82) is 5.26 Å². The number of carboxylic acids is 1. The fraction of sp³-hybridized carbons (Fsp3) is 0.310. The number of hydrogen-bond donors (Lipinski definition) is 2. The van der Waals surface area contributed by atoms with Gasteiger partial charge in [-0.2, -0.15) is 18.4 Å². The molecule has 0 bridgehead atoms. The van der Waals surface area contributed by atoms with Crippen molar-refractivity contribution in [3.05, 3.63) is 83.0 Å². The summed E-state index contributed by atoms with van der Waals surface area (Å²) in [4.78, 5) is 29.3. The Morgan fingerprint density at radius 2 is 1.69 bits per heavy atom. The average molecular weight is 537 g/mol. The minimum atomic E-state index is -4.68. The summed E-state index contributed by atoms with van der Waals surface area (Å²) in [6, 6.07) is 17.7. The van der Waals surface area contributed by atoms with Crippen molar-refractivity contribution >= 4 is 17.7 Å². The Labute approximate surface area is 223 Å². The molecule has 2 N–H and O–H groups in total. The molecule has 10 heteroatoms. The summed E-state index contributed by atoms with van der Waals surface area (Å²) in [5, 5.41) is 20.7. The molecular formula is C29H27F3N4O3. The Hall–Kier alpha value is -4.39. The van der Waals surface area contributed by atoms with Crippen LogP contribution in [0, 0.1) is 11.3 Å². The van der Waals surface area contributed by atoms with E-state index in [1.54, 1.807) is 47.4 Å². The maximum Gasteiger partial charge on any atom is 0.433 e. The van der Waals surface area contributed by atoms with Crippen LogP contribution in [0.5, 0.6) is 0 Å². The third-order valence-corrected chi connectivity index (χ3v) is 6.66. The summed E-state index contributed by atoms with van der Waals surface area (Å²) in [6.45, 7) is 0.750. The Morgan fingerprint density at radius 3 is 2.33 bits per heavy atom. The monoisotopic (exact) mass is 536 g/mol. The number of nitrogens with one attached hydrogen (secondary N) is 1. The second-order valence-corrected chi connectivity index (χ2v) is 9.39. The van der Waals surface area contributed by atoms with Crippen molar-refractivity contribution in [1.82, 2.24) is 10.3 Å². The van der Waals surface area contributed by atoms with Crippen LogP contribution in [-0.2, 0) is 28.6 Å². The second kappa shape index (κ2) is 12.0. The summed E-state index contributed by atoms with van der Waals surface area (Å²) < 4.78 is 41.4. The molecule has 3 aromatic rings. The summed E-state index contributed by atoms with van der Waals surface area (Å²) in [5.74, 6) is -1.12. The molecule has 0 unspecified atom stereocenters. The van der Waals surface area contributed by atoms with E-state index >= 15 is 0 Å². The molecule has 1 saturated heterocycles. The lowest BCUT2D eigenvalue weighted by Crippen LogP contribution is -2.44. The number of aryl methyl sites for hydroxylation is 1. The van der Waals surface area contributed by atoms with E-state index in [1.807, 2.05) is 12.1 Å². The highest BCUT2D eigenvalue weighted by molar-refractivity contribution is 5.86. The van der Waals surface area contributed by atoms with Gasteiger partial charge in [0.05, 0.1) is 11.6 Å². The SMILES string of the molecule is N#Cc1ccc(CCNC(=O)[C@@H]2CCCN2c2cc(-c3ccc(CCC(=O)O)cc3)cc(C(F)(F)F)n2)cc1. The van der Waals surface area contributed by atoms with Crippen LogP contribution in [0.25, 0.3) is 11.1 Å². The number of hydrogen-bond acceptors (Lipinski definition) is 5. The zero-order valence-electron chi connectivity index (χ0n) is 21.0. The smallest absolute Gasteiger partial charge is 0.433 e. The Bertz CT molecular complexity index is 1370. The maximum absolute atomic E-state index is 13.8. The molecule has 1 amide bonds. The van der Waals surface area contributed by atoms with Crippen molar-refractivity contribution in [2.24, 2.45) is 0 Å². The van der Waals surface area contributed by atoms with Crippen LogP contribution in [0.1, 0.15) is 41.6 Å². The number of carboxylic acid groups (broad SMARTS) is 1. The Kier molecular flexibility index (Phi) is 8.49. The third-order valence-electron chi connectivity index (χ3n) is 6.66. The summed E-state index contributed by atoms with van der Waals surface area (Å²) in [5.41, 5.74) is 2.07. The summed E-state index contributed by atoms with van der Waals surface area (Å²) in [6.07, 6.45) is -2.71. The number of carbonyl (C=O) groups is 2. The fourth-order valence-electron chi connectivity index (χ4n) is 4.60. The molecule has 7 nitrogen and oxygen atoms in total. The number of aliphatic carboxylic acids is 1. The first kappa shape index (κ1) is 27.6. The highest BCUT2D eigenvalue weighted by Crippen LogP contribution is 2.35. The lowest BCUT2D eigenvalue weighted by molar-refractivity contribution is -0.141. The number of halogens is 3. The van der Waals surface area contributed by atoms with Gasteiger partial charge in [-0.1, -0.05) is 36.4 Å². The Morgan fingerprint density at radius 1 is 1.03 bits per heavy atom. The highest BCUT2D eigenvalue weighted by Gasteiger charge is 2.36. The molecule has 0 radical (unpaired) electrons. The minimum Gasteiger partial charge on any atom is -0.481 e. The van der Waals surface area contributed by atoms with Gasteiger partial charge in [-0.3, -0.25) is 9.59 Å². The van der Waals surface area contributed by atoms with Gasteiger partial charge in [0, 0.05) is 19.5 Å². The number of rotatable bonds is 9. The van der Waals surface area contributed by atoms with Crippen LogP contribution in [0.4, 0.5) is 19.0 Å². The van der Waals surface area contributed by atoms with Gasteiger partial charge >= 0.3 is 12.1 Å². The summed E-state index contributed by atoms with van der Waals surface area (Å²) in [7, 11) is 0. The van der Waals surface area contributed by atoms with Crippen LogP contribution in [-0.4, -0.2) is 41.1 Å². The molecular weight excluding hydrogens is 509 g/mol. The van der Waals surface area contributed by atoms with E-state index in [0.29, 0.717) is 55.5 Å². The molecule has 4 rings (SSSR count). The van der Waals surface area contributed by atoms with Gasteiger partial charge in [0.2, 0.25) is 5.91 Å². The van der Waals surface area contributed by atoms with Crippen LogP contribution < -0.4 is 10.2 Å². The molecule has 0 spiro atoms. The summed E-state index contributed by atoms with van der Waals surface area (Å²) >= 11 is 0. The van der Waals surface area contributed by atoms with Crippen molar-refractivity contribution in [3.8, 4) is 17.2 Å². The van der Waals surface area contributed by atoms with E-state index in [1.165, 1.54) is 0 Å². The number of anilines is 1. The van der Waals surface area contributed by atoms with Gasteiger partial charge in [-0.25, -0.2) is 4.98 Å². The van der Waals surface area contributed by atoms with E-state index in [0.717, 1.165) is 17.2 Å². The van der Waals surface area contributed by atoms with Gasteiger partial charge in [0.1, 0.15) is 17.6 Å². The molecule has 1 aliphatic rings. The molecule has 39 heavy (non-hydrogen) atoms. The number of amides is 1. The fourth-order valence-corrected chi connectivity index (χ4v) is 4.60. The molecule has 0 aliphatic carbocycles. The van der Waals surface area contributed by atoms with E-state index < -0.39 is 23.9 Å². The van der Waals surface area contributed by atoms with Crippen molar-refractivity contribution in [3.63, 3.8) is 0 Å². The molecule has 0 saturated carbocycles. The van der Waals surface area contributed by atoms with E-state index in [2.05, 4.69) is 16.4 Å². The first-order chi connectivity index (χ1) is 18.6. The second-order valence-electron chi connectivity index (χ2n) is 9.39. The molecule has 1 atom stereocenters. The molecule has 1 aromatic heterocycles. The highest BCUT2D eigenvalue weighted by atomic mass is 19.4. The van der Waals surface area contributed by atoms with Crippen molar-refractivity contribution in [2.75, 3.05) is 18.0 Å². The quantitative estimate of drug-likeness (QED) is 0.399. The Balaban J connectivity index is 1.51. The van der Waals surface area contributed by atoms with Crippen molar-refractivity contribution < 1.29 is 27.9 Å². The zero-order chi connectivity index (χ0) is 28.0. The normalized spacial score (nSPS) is 15.1. The van der Waals surface area contributed by atoms with Gasteiger partial charge < -0.3 is 15.3 Å². The maximum atomic E-state index is 13.8. The number of alkyl halides is 3. The van der Waals surface area contributed by atoms with Crippen LogP contribution >= 0.6 is 0 Å². The molecule has 2 aromatic carbocycles. The lowest BCUT2D eigenvalue weighted by Gasteiger charge is -2.26. The largest absolute Gasteiger partial charge is 0.481 e. The standard InChI is InChI=1S/C29H27F3N4O3/c30-29(31,32)25-16-23(22-10-7-19(8-11-22)9-12-27(37)38)17-26(35-25)36-15-1-2-24(36)28(39)34-14-13-20-3-5-21(18-33)6-4-20/h3-8,10-11,16-17,24H,1-2,9,12-15H2,(H,34,39)(H,37,38)/t24-/m0/s1.